The Bertz CT molecular complexity index is 464. The fourth-order valence-corrected chi connectivity index (χ4v) is 1.83. The minimum atomic E-state index is -0.218. The number of benzene rings is 1. The van der Waals surface area contributed by atoms with Crippen molar-refractivity contribution in [2.45, 2.75) is 0 Å². The molecule has 1 N–H and O–H groups in total. The number of amides is 2. The first kappa shape index (κ1) is 12.7. The highest BCUT2D eigenvalue weighted by molar-refractivity contribution is 6.32. The first-order valence-electron chi connectivity index (χ1n) is 5.58. The van der Waals surface area contributed by atoms with Crippen molar-refractivity contribution in [1.82, 2.24) is 10.2 Å². The van der Waals surface area contributed by atoms with Crippen LogP contribution in [0.25, 0.3) is 0 Å². The standard InChI is InChI=1S/C12H13ClN2O3/c13-9-3-1-2-4-10(9)18-8-12(17)15-6-5-14-11(16)7-15/h1-4H,5-8H2,(H,14,16). The lowest BCUT2D eigenvalue weighted by Crippen LogP contribution is -2.51. The number of hydrogen-bond acceptors (Lipinski definition) is 3. The van der Waals surface area contributed by atoms with E-state index in [0.29, 0.717) is 23.9 Å². The second-order valence-corrected chi connectivity index (χ2v) is 4.29. The topological polar surface area (TPSA) is 58.6 Å². The summed E-state index contributed by atoms with van der Waals surface area (Å²) in [5.41, 5.74) is 0. The van der Waals surface area contributed by atoms with E-state index in [4.69, 9.17) is 16.3 Å². The first-order chi connectivity index (χ1) is 8.66. The molecule has 0 unspecified atom stereocenters. The molecule has 0 radical (unpaired) electrons. The van der Waals surface area contributed by atoms with Crippen LogP contribution in [-0.2, 0) is 9.59 Å². The maximum absolute atomic E-state index is 11.8. The molecule has 1 heterocycles. The predicted molar refractivity (Wildman–Crippen MR) is 66.5 cm³/mol. The molecule has 18 heavy (non-hydrogen) atoms. The molecular weight excluding hydrogens is 256 g/mol. The number of hydrogen-bond donors (Lipinski definition) is 1. The monoisotopic (exact) mass is 268 g/mol. The Morgan fingerprint density at radius 2 is 2.22 bits per heavy atom. The van der Waals surface area contributed by atoms with Gasteiger partial charge in [-0.05, 0) is 12.1 Å². The van der Waals surface area contributed by atoms with Gasteiger partial charge in [-0.3, -0.25) is 9.59 Å². The Labute approximate surface area is 110 Å². The number of rotatable bonds is 3. The van der Waals surface area contributed by atoms with Gasteiger partial charge in [-0.1, -0.05) is 23.7 Å². The van der Waals surface area contributed by atoms with Crippen LogP contribution >= 0.6 is 11.6 Å². The van der Waals surface area contributed by atoms with E-state index >= 15 is 0 Å². The molecule has 6 heteroatoms. The van der Waals surface area contributed by atoms with Crippen molar-refractivity contribution < 1.29 is 14.3 Å². The summed E-state index contributed by atoms with van der Waals surface area (Å²) in [7, 11) is 0. The summed E-state index contributed by atoms with van der Waals surface area (Å²) >= 11 is 5.90. The first-order valence-corrected chi connectivity index (χ1v) is 5.96. The van der Waals surface area contributed by atoms with Crippen molar-refractivity contribution in [3.05, 3.63) is 29.3 Å². The molecule has 2 rings (SSSR count). The van der Waals surface area contributed by atoms with Crippen LogP contribution in [0.5, 0.6) is 5.75 Å². The Balaban J connectivity index is 1.88. The molecule has 96 valence electrons. The van der Waals surface area contributed by atoms with E-state index in [-0.39, 0.29) is 25.0 Å². The quantitative estimate of drug-likeness (QED) is 0.877. The number of nitrogens with one attached hydrogen (secondary N) is 1. The molecule has 5 nitrogen and oxygen atoms in total. The fourth-order valence-electron chi connectivity index (χ4n) is 1.64. The maximum atomic E-state index is 11.8. The third-order valence-electron chi connectivity index (χ3n) is 2.58. The zero-order chi connectivity index (χ0) is 13.0. The number of carbonyl (C=O) groups excluding carboxylic acids is 2. The van der Waals surface area contributed by atoms with Crippen LogP contribution in [0.1, 0.15) is 0 Å². The van der Waals surface area contributed by atoms with E-state index in [1.807, 2.05) is 0 Å². The van der Waals surface area contributed by atoms with Crippen molar-refractivity contribution in [1.29, 1.82) is 0 Å². The molecule has 1 aliphatic rings. The van der Waals surface area contributed by atoms with E-state index in [1.165, 1.54) is 4.90 Å². The smallest absolute Gasteiger partial charge is 0.261 e. The van der Waals surface area contributed by atoms with Crippen molar-refractivity contribution >= 4 is 23.4 Å². The van der Waals surface area contributed by atoms with Gasteiger partial charge in [0, 0.05) is 13.1 Å². The second-order valence-electron chi connectivity index (χ2n) is 3.88. The average molecular weight is 269 g/mol. The molecule has 0 saturated carbocycles. The molecule has 1 aliphatic heterocycles. The van der Waals surface area contributed by atoms with Crippen LogP contribution < -0.4 is 10.1 Å². The number of ether oxygens (including phenoxy) is 1. The van der Waals surface area contributed by atoms with Crippen molar-refractivity contribution in [2.24, 2.45) is 0 Å². The largest absolute Gasteiger partial charge is 0.482 e. The summed E-state index contributed by atoms with van der Waals surface area (Å²) < 4.78 is 5.33. The van der Waals surface area contributed by atoms with Crippen LogP contribution in [0, 0.1) is 0 Å². The molecule has 1 fully saturated rings. The van der Waals surface area contributed by atoms with Crippen LogP contribution in [0.3, 0.4) is 0 Å². The zero-order valence-corrected chi connectivity index (χ0v) is 10.4. The average Bonchev–Trinajstić information content (AvgIpc) is 2.37. The van der Waals surface area contributed by atoms with Crippen molar-refractivity contribution in [3.63, 3.8) is 0 Å². The Kier molecular flexibility index (Phi) is 4.04. The van der Waals surface area contributed by atoms with E-state index in [2.05, 4.69) is 5.32 Å². The molecule has 1 aromatic carbocycles. The SMILES string of the molecule is O=C1CN(C(=O)COc2ccccc2Cl)CCN1. The van der Waals surface area contributed by atoms with E-state index in [9.17, 15) is 9.59 Å². The van der Waals surface area contributed by atoms with E-state index in [0.717, 1.165) is 0 Å². The lowest BCUT2D eigenvalue weighted by molar-refractivity contribution is -0.139. The van der Waals surface area contributed by atoms with Gasteiger partial charge in [0.05, 0.1) is 11.6 Å². The Morgan fingerprint density at radius 1 is 1.44 bits per heavy atom. The lowest BCUT2D eigenvalue weighted by atomic mass is 10.3. The van der Waals surface area contributed by atoms with Crippen LogP contribution in [0.2, 0.25) is 5.02 Å². The molecule has 2 amide bonds. The summed E-state index contributed by atoms with van der Waals surface area (Å²) in [5, 5.41) is 3.11. The summed E-state index contributed by atoms with van der Waals surface area (Å²) in [6.07, 6.45) is 0. The summed E-state index contributed by atoms with van der Waals surface area (Å²) in [4.78, 5) is 24.4. The minimum Gasteiger partial charge on any atom is -0.482 e. The zero-order valence-electron chi connectivity index (χ0n) is 9.69. The predicted octanol–water partition coefficient (Wildman–Crippen LogP) is 0.677. The molecule has 0 spiro atoms. The third kappa shape index (κ3) is 3.13. The highest BCUT2D eigenvalue weighted by atomic mass is 35.5. The number of carbonyl (C=O) groups is 2. The maximum Gasteiger partial charge on any atom is 0.261 e. The van der Waals surface area contributed by atoms with Crippen LogP contribution in [0.15, 0.2) is 24.3 Å². The number of nitrogens with zero attached hydrogens (tertiary/aromatic N) is 1. The van der Waals surface area contributed by atoms with Gasteiger partial charge in [-0.15, -0.1) is 0 Å². The second kappa shape index (κ2) is 5.73. The van der Waals surface area contributed by atoms with Crippen molar-refractivity contribution in [3.8, 4) is 5.75 Å². The molecule has 0 aromatic heterocycles. The van der Waals surface area contributed by atoms with Gasteiger partial charge < -0.3 is 15.0 Å². The van der Waals surface area contributed by atoms with Gasteiger partial charge in [-0.25, -0.2) is 0 Å². The van der Waals surface area contributed by atoms with Crippen LogP contribution in [0.4, 0.5) is 0 Å². The van der Waals surface area contributed by atoms with Gasteiger partial charge in [0.1, 0.15) is 5.75 Å². The highest BCUT2D eigenvalue weighted by Crippen LogP contribution is 2.22. The lowest BCUT2D eigenvalue weighted by Gasteiger charge is -2.26. The molecule has 1 saturated heterocycles. The fraction of sp³-hybridized carbons (Fsp3) is 0.333. The molecule has 0 atom stereocenters. The summed E-state index contributed by atoms with van der Waals surface area (Å²) in [6.45, 7) is 0.967. The Hall–Kier alpha value is -1.75. The molecular formula is C12H13ClN2O3. The molecule has 0 bridgehead atoms. The van der Waals surface area contributed by atoms with Crippen LogP contribution in [-0.4, -0.2) is 43.0 Å². The normalized spacial score (nSPS) is 15.2. The van der Waals surface area contributed by atoms with Gasteiger partial charge in [0.2, 0.25) is 5.91 Å². The number of para-hydroxylation sites is 1. The number of piperazine rings is 1. The third-order valence-corrected chi connectivity index (χ3v) is 2.89. The van der Waals surface area contributed by atoms with E-state index in [1.54, 1.807) is 24.3 Å². The molecule has 0 aliphatic carbocycles. The van der Waals surface area contributed by atoms with Crippen molar-refractivity contribution in [2.75, 3.05) is 26.2 Å². The van der Waals surface area contributed by atoms with E-state index < -0.39 is 0 Å². The number of halogens is 1. The minimum absolute atomic E-state index is 0.0880. The van der Waals surface area contributed by atoms with Gasteiger partial charge in [0.25, 0.3) is 5.91 Å². The van der Waals surface area contributed by atoms with Gasteiger partial charge in [-0.2, -0.15) is 0 Å². The molecule has 1 aromatic rings. The Morgan fingerprint density at radius 3 is 2.94 bits per heavy atom. The summed E-state index contributed by atoms with van der Waals surface area (Å²) in [6, 6.07) is 6.94. The highest BCUT2D eigenvalue weighted by Gasteiger charge is 2.21. The van der Waals surface area contributed by atoms with Gasteiger partial charge >= 0.3 is 0 Å². The summed E-state index contributed by atoms with van der Waals surface area (Å²) in [5.74, 6) is 0.103. The van der Waals surface area contributed by atoms with Gasteiger partial charge in [0.15, 0.2) is 6.61 Å².